The lowest BCUT2D eigenvalue weighted by molar-refractivity contribution is -0.308. The van der Waals surface area contributed by atoms with E-state index in [9.17, 15) is 19.5 Å². The van der Waals surface area contributed by atoms with Gasteiger partial charge in [-0.15, -0.1) is 0 Å². The highest BCUT2D eigenvalue weighted by Gasteiger charge is 2.19. The van der Waals surface area contributed by atoms with Crippen LogP contribution in [0.1, 0.15) is 50.4 Å². The van der Waals surface area contributed by atoms with E-state index in [2.05, 4.69) is 15.6 Å². The molecule has 8 nitrogen and oxygen atoms in total. The van der Waals surface area contributed by atoms with Crippen molar-refractivity contribution < 1.29 is 24.2 Å². The maximum atomic E-state index is 11.8. The van der Waals surface area contributed by atoms with E-state index < -0.39 is 23.7 Å². The Hall–Kier alpha value is -2.64. The third kappa shape index (κ3) is 8.69. The van der Waals surface area contributed by atoms with Crippen LogP contribution in [0.4, 0.5) is 4.79 Å². The summed E-state index contributed by atoms with van der Waals surface area (Å²) in [5.74, 6) is -1.61. The Labute approximate surface area is 147 Å². The number of aromatic nitrogens is 1. The fourth-order valence-corrected chi connectivity index (χ4v) is 1.97. The molecule has 0 unspecified atom stereocenters. The molecule has 25 heavy (non-hydrogen) atoms. The minimum Gasteiger partial charge on any atom is -0.548 e. The van der Waals surface area contributed by atoms with E-state index >= 15 is 0 Å². The largest absolute Gasteiger partial charge is 0.548 e. The molecule has 0 saturated heterocycles. The summed E-state index contributed by atoms with van der Waals surface area (Å²) >= 11 is 0. The molecular weight excluding hydrogens is 326 g/mol. The first kappa shape index (κ1) is 20.4. The molecule has 1 aromatic heterocycles. The lowest BCUT2D eigenvalue weighted by Gasteiger charge is -2.24. The zero-order valence-corrected chi connectivity index (χ0v) is 14.7. The van der Waals surface area contributed by atoms with E-state index in [1.165, 1.54) is 6.20 Å². The third-order valence-corrected chi connectivity index (χ3v) is 3.10. The van der Waals surface area contributed by atoms with Gasteiger partial charge in [0.25, 0.3) is 5.91 Å². The molecule has 0 bridgehead atoms. The predicted molar refractivity (Wildman–Crippen MR) is 88.6 cm³/mol. The predicted octanol–water partition coefficient (Wildman–Crippen LogP) is 0.625. The number of aliphatic carboxylic acids is 1. The summed E-state index contributed by atoms with van der Waals surface area (Å²) in [5.41, 5.74) is -0.251. The molecule has 0 aliphatic rings. The number of alkyl carbamates (subject to hydrolysis) is 1. The van der Waals surface area contributed by atoms with Crippen LogP contribution in [-0.4, -0.2) is 41.1 Å². The minimum absolute atomic E-state index is 0.185. The number of carboxylic acid groups (broad SMARTS) is 1. The molecule has 0 fully saturated rings. The van der Waals surface area contributed by atoms with Crippen molar-refractivity contribution in [3.05, 3.63) is 30.1 Å². The highest BCUT2D eigenvalue weighted by Crippen LogP contribution is 2.08. The van der Waals surface area contributed by atoms with Crippen LogP contribution in [0.25, 0.3) is 0 Å². The molecule has 1 aromatic rings. The number of nitrogens with one attached hydrogen (secondary N) is 2. The average Bonchev–Trinajstić information content (AvgIpc) is 2.52. The van der Waals surface area contributed by atoms with Gasteiger partial charge in [0.2, 0.25) is 0 Å². The zero-order chi connectivity index (χ0) is 18.9. The van der Waals surface area contributed by atoms with Gasteiger partial charge in [-0.3, -0.25) is 9.78 Å². The first-order valence-corrected chi connectivity index (χ1v) is 8.07. The molecule has 1 rings (SSSR count). The number of rotatable bonds is 8. The lowest BCUT2D eigenvalue weighted by atomic mass is 10.1. The molecule has 0 aliphatic carbocycles. The van der Waals surface area contributed by atoms with Crippen LogP contribution in [-0.2, 0) is 9.53 Å². The number of unbranched alkanes of at least 4 members (excludes halogenated alkanes) is 1. The SMILES string of the molecule is CC(C)(C)OC(=O)N[C@H](CCCCNC(=O)c1cccnc1)C(=O)[O-]. The normalized spacial score (nSPS) is 12.1. The van der Waals surface area contributed by atoms with Crippen LogP contribution in [0, 0.1) is 0 Å². The van der Waals surface area contributed by atoms with Crippen LogP contribution in [0.2, 0.25) is 0 Å². The number of nitrogens with zero attached hydrogens (tertiary/aromatic N) is 1. The van der Waals surface area contributed by atoms with Gasteiger partial charge in [0, 0.05) is 18.9 Å². The van der Waals surface area contributed by atoms with Crippen LogP contribution in [0.15, 0.2) is 24.5 Å². The van der Waals surface area contributed by atoms with Gasteiger partial charge in [-0.05, 0) is 52.2 Å². The molecule has 2 amide bonds. The summed E-state index contributed by atoms with van der Waals surface area (Å²) in [6, 6.07) is 2.19. The summed E-state index contributed by atoms with van der Waals surface area (Å²) in [7, 11) is 0. The summed E-state index contributed by atoms with van der Waals surface area (Å²) < 4.78 is 5.02. The number of carboxylic acids is 1. The van der Waals surface area contributed by atoms with E-state index in [1.54, 1.807) is 39.1 Å². The topological polar surface area (TPSA) is 120 Å². The van der Waals surface area contributed by atoms with Crippen molar-refractivity contribution in [2.24, 2.45) is 0 Å². The summed E-state index contributed by atoms with van der Waals surface area (Å²) in [6.45, 7) is 5.45. The Kier molecular flexibility index (Phi) is 7.84. The van der Waals surface area contributed by atoms with Gasteiger partial charge in [-0.25, -0.2) is 4.79 Å². The third-order valence-electron chi connectivity index (χ3n) is 3.10. The molecule has 1 atom stereocenters. The fraction of sp³-hybridized carbons (Fsp3) is 0.529. The second-order valence-corrected chi connectivity index (χ2v) is 6.51. The van der Waals surface area contributed by atoms with Crippen molar-refractivity contribution in [1.82, 2.24) is 15.6 Å². The minimum atomic E-state index is -1.37. The van der Waals surface area contributed by atoms with Crippen LogP contribution in [0.3, 0.4) is 0 Å². The van der Waals surface area contributed by atoms with Gasteiger partial charge in [-0.2, -0.15) is 0 Å². The molecular formula is C17H24N3O5-. The van der Waals surface area contributed by atoms with Crippen molar-refractivity contribution in [2.75, 3.05) is 6.54 Å². The second kappa shape index (κ2) is 9.61. The van der Waals surface area contributed by atoms with E-state index in [1.807, 2.05) is 0 Å². The molecule has 0 radical (unpaired) electrons. The molecule has 0 aromatic carbocycles. The Morgan fingerprint density at radius 2 is 2.00 bits per heavy atom. The molecule has 138 valence electrons. The quantitative estimate of drug-likeness (QED) is 0.663. The highest BCUT2D eigenvalue weighted by molar-refractivity contribution is 5.93. The lowest BCUT2D eigenvalue weighted by Crippen LogP contribution is -2.49. The number of amides is 2. The summed E-state index contributed by atoms with van der Waals surface area (Å²) in [5, 5.41) is 16.1. The number of ether oxygens (including phenoxy) is 1. The van der Waals surface area contributed by atoms with Gasteiger partial charge in [-0.1, -0.05) is 0 Å². The standard InChI is InChI=1S/C17H25N3O5/c1-17(2,3)25-16(24)20-13(15(22)23)8-4-5-10-19-14(21)12-7-6-9-18-11-12/h6-7,9,11,13H,4-5,8,10H2,1-3H3,(H,19,21)(H,20,24)(H,22,23)/p-1/t13-/m1/s1. The zero-order valence-electron chi connectivity index (χ0n) is 14.7. The maximum absolute atomic E-state index is 11.8. The Morgan fingerprint density at radius 1 is 1.28 bits per heavy atom. The number of hydrogen-bond acceptors (Lipinski definition) is 6. The Morgan fingerprint density at radius 3 is 2.56 bits per heavy atom. The Balaban J connectivity index is 2.30. The highest BCUT2D eigenvalue weighted by atomic mass is 16.6. The van der Waals surface area contributed by atoms with Crippen molar-refractivity contribution in [2.45, 2.75) is 51.7 Å². The van der Waals surface area contributed by atoms with E-state index in [0.717, 1.165) is 0 Å². The number of carbonyl (C=O) groups excluding carboxylic acids is 3. The number of carbonyl (C=O) groups is 3. The first-order chi connectivity index (χ1) is 11.7. The smallest absolute Gasteiger partial charge is 0.408 e. The van der Waals surface area contributed by atoms with E-state index in [4.69, 9.17) is 4.74 Å². The fourth-order valence-electron chi connectivity index (χ4n) is 1.97. The van der Waals surface area contributed by atoms with Crippen molar-refractivity contribution >= 4 is 18.0 Å². The molecule has 1 heterocycles. The van der Waals surface area contributed by atoms with E-state index in [0.29, 0.717) is 24.9 Å². The molecule has 2 N–H and O–H groups in total. The number of hydrogen-bond donors (Lipinski definition) is 2. The summed E-state index contributed by atoms with van der Waals surface area (Å²) in [6.07, 6.45) is 3.48. The van der Waals surface area contributed by atoms with Crippen molar-refractivity contribution in [3.8, 4) is 0 Å². The Bertz CT molecular complexity index is 584. The van der Waals surface area contributed by atoms with Gasteiger partial charge in [0.1, 0.15) is 5.60 Å². The average molecular weight is 350 g/mol. The van der Waals surface area contributed by atoms with Gasteiger partial charge < -0.3 is 25.3 Å². The van der Waals surface area contributed by atoms with Crippen molar-refractivity contribution in [3.63, 3.8) is 0 Å². The van der Waals surface area contributed by atoms with Crippen LogP contribution < -0.4 is 15.7 Å². The molecule has 0 saturated carbocycles. The van der Waals surface area contributed by atoms with Crippen LogP contribution >= 0.6 is 0 Å². The van der Waals surface area contributed by atoms with Crippen molar-refractivity contribution in [1.29, 1.82) is 0 Å². The van der Waals surface area contributed by atoms with Gasteiger partial charge in [0.05, 0.1) is 17.6 Å². The molecule has 8 heteroatoms. The monoisotopic (exact) mass is 350 g/mol. The van der Waals surface area contributed by atoms with Gasteiger partial charge in [0.15, 0.2) is 0 Å². The second-order valence-electron chi connectivity index (χ2n) is 6.51. The van der Waals surface area contributed by atoms with Gasteiger partial charge >= 0.3 is 6.09 Å². The van der Waals surface area contributed by atoms with E-state index in [-0.39, 0.29) is 12.3 Å². The molecule has 0 spiro atoms. The van der Waals surface area contributed by atoms with Crippen LogP contribution in [0.5, 0.6) is 0 Å². The summed E-state index contributed by atoms with van der Waals surface area (Å²) in [4.78, 5) is 38.4. The molecule has 0 aliphatic heterocycles. The first-order valence-electron chi connectivity index (χ1n) is 8.07. The maximum Gasteiger partial charge on any atom is 0.408 e. The number of pyridine rings is 1.